The molecule has 0 aliphatic carbocycles. The smallest absolute Gasteiger partial charge is 0.224 e. The van der Waals surface area contributed by atoms with Crippen LogP contribution in [0, 0.1) is 5.82 Å². The summed E-state index contributed by atoms with van der Waals surface area (Å²) in [6, 6.07) is 0. The van der Waals surface area contributed by atoms with E-state index < -0.39 is 0 Å². The first kappa shape index (κ1) is 12.7. The summed E-state index contributed by atoms with van der Waals surface area (Å²) in [5, 5.41) is 2.81. The van der Waals surface area contributed by atoms with Gasteiger partial charge in [-0.2, -0.15) is 4.98 Å². The highest BCUT2D eigenvalue weighted by Gasteiger charge is 2.12. The maximum atomic E-state index is 13.6. The first-order valence-corrected chi connectivity index (χ1v) is 5.68. The summed E-state index contributed by atoms with van der Waals surface area (Å²) in [6.07, 6.45) is 3.33. The fourth-order valence-corrected chi connectivity index (χ4v) is 1.46. The molecule has 0 bridgehead atoms. The van der Waals surface area contributed by atoms with Crippen LogP contribution in [0.25, 0.3) is 0 Å². The van der Waals surface area contributed by atoms with Gasteiger partial charge in [-0.1, -0.05) is 13.3 Å². The van der Waals surface area contributed by atoms with Gasteiger partial charge < -0.3 is 10.2 Å². The van der Waals surface area contributed by atoms with Gasteiger partial charge in [-0.3, -0.25) is 0 Å². The zero-order valence-corrected chi connectivity index (χ0v) is 10.1. The number of hydrogen-bond acceptors (Lipinski definition) is 4. The Morgan fingerprint density at radius 1 is 1.44 bits per heavy atom. The van der Waals surface area contributed by atoms with Gasteiger partial charge in [0.15, 0.2) is 11.6 Å². The van der Waals surface area contributed by atoms with Gasteiger partial charge in [-0.05, 0) is 13.3 Å². The van der Waals surface area contributed by atoms with Crippen molar-refractivity contribution in [2.75, 3.05) is 30.4 Å². The summed E-state index contributed by atoms with van der Waals surface area (Å²) >= 11 is 0. The maximum Gasteiger partial charge on any atom is 0.224 e. The number of rotatable bonds is 6. The van der Waals surface area contributed by atoms with Crippen molar-refractivity contribution >= 4 is 11.8 Å². The SMILES string of the molecule is CCCCN(CC)c1nc(NC)ncc1F. The number of hydrogen-bond donors (Lipinski definition) is 1. The molecule has 5 heteroatoms. The second kappa shape index (κ2) is 6.25. The van der Waals surface area contributed by atoms with E-state index in [4.69, 9.17) is 0 Å². The molecule has 0 spiro atoms. The van der Waals surface area contributed by atoms with E-state index in [0.29, 0.717) is 11.8 Å². The lowest BCUT2D eigenvalue weighted by atomic mass is 10.3. The van der Waals surface area contributed by atoms with Crippen LogP contribution in [0.5, 0.6) is 0 Å². The number of unbranched alkanes of at least 4 members (excludes halogenated alkanes) is 1. The lowest BCUT2D eigenvalue weighted by molar-refractivity contribution is 0.599. The molecule has 0 atom stereocenters. The van der Waals surface area contributed by atoms with Crippen LogP contribution >= 0.6 is 0 Å². The summed E-state index contributed by atoms with van der Waals surface area (Å²) in [5.41, 5.74) is 0. The largest absolute Gasteiger partial charge is 0.357 e. The van der Waals surface area contributed by atoms with Crippen molar-refractivity contribution in [3.05, 3.63) is 12.0 Å². The van der Waals surface area contributed by atoms with Gasteiger partial charge >= 0.3 is 0 Å². The van der Waals surface area contributed by atoms with Crippen molar-refractivity contribution < 1.29 is 4.39 Å². The van der Waals surface area contributed by atoms with Crippen LogP contribution < -0.4 is 10.2 Å². The highest BCUT2D eigenvalue weighted by Crippen LogP contribution is 2.17. The van der Waals surface area contributed by atoms with Crippen LogP contribution in [0.3, 0.4) is 0 Å². The standard InChI is InChI=1S/C11H19FN4/c1-4-6-7-16(5-2)10-9(12)8-14-11(13-3)15-10/h8H,4-7H2,1-3H3,(H,13,14,15). The van der Waals surface area contributed by atoms with Crippen LogP contribution in [-0.2, 0) is 0 Å². The predicted molar refractivity (Wildman–Crippen MR) is 64.3 cm³/mol. The molecule has 0 aliphatic rings. The monoisotopic (exact) mass is 226 g/mol. The molecule has 1 aromatic rings. The third kappa shape index (κ3) is 3.05. The van der Waals surface area contributed by atoms with Crippen molar-refractivity contribution in [3.8, 4) is 0 Å². The zero-order valence-electron chi connectivity index (χ0n) is 10.1. The van der Waals surface area contributed by atoms with Crippen molar-refractivity contribution in [2.45, 2.75) is 26.7 Å². The maximum absolute atomic E-state index is 13.6. The Morgan fingerprint density at radius 3 is 2.75 bits per heavy atom. The molecule has 0 aromatic carbocycles. The van der Waals surface area contributed by atoms with E-state index in [1.807, 2.05) is 11.8 Å². The quantitative estimate of drug-likeness (QED) is 0.808. The fourth-order valence-electron chi connectivity index (χ4n) is 1.46. The van der Waals surface area contributed by atoms with Crippen molar-refractivity contribution in [3.63, 3.8) is 0 Å². The lowest BCUT2D eigenvalue weighted by Gasteiger charge is -2.22. The Kier molecular flexibility index (Phi) is 4.95. The highest BCUT2D eigenvalue weighted by atomic mass is 19.1. The van der Waals surface area contributed by atoms with Crippen molar-refractivity contribution in [2.24, 2.45) is 0 Å². The predicted octanol–water partition coefficient (Wildman–Crippen LogP) is 2.28. The van der Waals surface area contributed by atoms with Gasteiger partial charge in [0.05, 0.1) is 6.20 Å². The lowest BCUT2D eigenvalue weighted by Crippen LogP contribution is -2.26. The fraction of sp³-hybridized carbons (Fsp3) is 0.636. The topological polar surface area (TPSA) is 41.1 Å². The Balaban J connectivity index is 2.89. The van der Waals surface area contributed by atoms with E-state index in [2.05, 4.69) is 22.2 Å². The van der Waals surface area contributed by atoms with E-state index in [1.165, 1.54) is 6.20 Å². The van der Waals surface area contributed by atoms with E-state index in [9.17, 15) is 4.39 Å². The van der Waals surface area contributed by atoms with Gasteiger partial charge in [0.25, 0.3) is 0 Å². The summed E-state index contributed by atoms with van der Waals surface area (Å²) in [4.78, 5) is 9.91. The molecule has 90 valence electrons. The Morgan fingerprint density at radius 2 is 2.19 bits per heavy atom. The van der Waals surface area contributed by atoms with Gasteiger partial charge in [-0.25, -0.2) is 9.37 Å². The summed E-state index contributed by atoms with van der Waals surface area (Å²) < 4.78 is 13.6. The van der Waals surface area contributed by atoms with Gasteiger partial charge in [0, 0.05) is 20.1 Å². The molecule has 16 heavy (non-hydrogen) atoms. The molecule has 0 saturated heterocycles. The molecule has 0 radical (unpaired) electrons. The molecule has 1 N–H and O–H groups in total. The van der Waals surface area contributed by atoms with E-state index >= 15 is 0 Å². The molecule has 1 rings (SSSR count). The Labute approximate surface area is 95.9 Å². The van der Waals surface area contributed by atoms with Gasteiger partial charge in [0.2, 0.25) is 5.95 Å². The van der Waals surface area contributed by atoms with Crippen LogP contribution in [0.2, 0.25) is 0 Å². The third-order valence-corrected chi connectivity index (χ3v) is 2.41. The first-order chi connectivity index (χ1) is 7.72. The molecule has 0 aliphatic heterocycles. The molecule has 1 heterocycles. The second-order valence-electron chi connectivity index (χ2n) is 3.55. The molecule has 0 unspecified atom stereocenters. The summed E-state index contributed by atoms with van der Waals surface area (Å²) in [7, 11) is 1.72. The number of anilines is 2. The summed E-state index contributed by atoms with van der Waals surface area (Å²) in [5.74, 6) is 0.471. The number of nitrogens with zero attached hydrogens (tertiary/aromatic N) is 3. The molecule has 1 aromatic heterocycles. The third-order valence-electron chi connectivity index (χ3n) is 2.41. The Bertz CT molecular complexity index is 330. The normalized spacial score (nSPS) is 10.2. The second-order valence-corrected chi connectivity index (χ2v) is 3.55. The molecule has 0 amide bonds. The van der Waals surface area contributed by atoms with E-state index in [1.54, 1.807) is 7.05 Å². The number of halogens is 1. The Hall–Kier alpha value is -1.39. The van der Waals surface area contributed by atoms with Crippen LogP contribution in [-0.4, -0.2) is 30.1 Å². The molecular formula is C11H19FN4. The van der Waals surface area contributed by atoms with Gasteiger partial charge in [0.1, 0.15) is 0 Å². The minimum Gasteiger partial charge on any atom is -0.357 e. The van der Waals surface area contributed by atoms with Crippen molar-refractivity contribution in [1.82, 2.24) is 9.97 Å². The van der Waals surface area contributed by atoms with Gasteiger partial charge in [-0.15, -0.1) is 0 Å². The van der Waals surface area contributed by atoms with Crippen LogP contribution in [0.1, 0.15) is 26.7 Å². The molecule has 4 nitrogen and oxygen atoms in total. The van der Waals surface area contributed by atoms with E-state index in [-0.39, 0.29) is 5.82 Å². The van der Waals surface area contributed by atoms with E-state index in [0.717, 1.165) is 25.9 Å². The first-order valence-electron chi connectivity index (χ1n) is 5.68. The highest BCUT2D eigenvalue weighted by molar-refractivity contribution is 5.43. The average molecular weight is 226 g/mol. The molecular weight excluding hydrogens is 207 g/mol. The average Bonchev–Trinajstić information content (AvgIpc) is 2.32. The van der Waals surface area contributed by atoms with Crippen LogP contribution in [0.4, 0.5) is 16.2 Å². The number of nitrogens with one attached hydrogen (secondary N) is 1. The van der Waals surface area contributed by atoms with Crippen molar-refractivity contribution in [1.29, 1.82) is 0 Å². The minimum absolute atomic E-state index is 0.364. The molecule has 0 fully saturated rings. The number of aromatic nitrogens is 2. The van der Waals surface area contributed by atoms with Crippen LogP contribution in [0.15, 0.2) is 6.20 Å². The summed E-state index contributed by atoms with van der Waals surface area (Å²) in [6.45, 7) is 5.68. The molecule has 0 saturated carbocycles. The zero-order chi connectivity index (χ0) is 12.0. The minimum atomic E-state index is -0.364.